The summed E-state index contributed by atoms with van der Waals surface area (Å²) < 4.78 is 0. The largest absolute Gasteiger partial charge is 0.299 e. The van der Waals surface area contributed by atoms with Crippen LogP contribution in [0.3, 0.4) is 0 Å². The predicted molar refractivity (Wildman–Crippen MR) is 62.6 cm³/mol. The first-order valence-electron chi connectivity index (χ1n) is 6.69. The van der Waals surface area contributed by atoms with Crippen LogP contribution in [0.1, 0.15) is 58.8 Å². The van der Waals surface area contributed by atoms with Crippen molar-refractivity contribution in [3.63, 3.8) is 0 Å². The number of ketones is 1. The molecule has 4 unspecified atom stereocenters. The molecule has 0 bridgehead atoms. The molecule has 0 heterocycles. The number of hydrogen-bond donors (Lipinski definition) is 0. The molecule has 0 aromatic heterocycles. The van der Waals surface area contributed by atoms with Gasteiger partial charge in [-0.3, -0.25) is 4.79 Å². The van der Waals surface area contributed by atoms with Crippen LogP contribution in [0.15, 0.2) is 0 Å². The van der Waals surface area contributed by atoms with E-state index in [1.54, 1.807) is 0 Å². The van der Waals surface area contributed by atoms with Crippen molar-refractivity contribution < 1.29 is 4.79 Å². The van der Waals surface area contributed by atoms with E-state index in [1.807, 2.05) is 0 Å². The van der Waals surface area contributed by atoms with Crippen molar-refractivity contribution in [1.29, 1.82) is 0 Å². The molecule has 0 aromatic rings. The Morgan fingerprint density at radius 3 is 2.47 bits per heavy atom. The zero-order chi connectivity index (χ0) is 10.8. The second-order valence-electron chi connectivity index (χ2n) is 5.98. The van der Waals surface area contributed by atoms with Crippen LogP contribution in [0.5, 0.6) is 0 Å². The van der Waals surface area contributed by atoms with Crippen LogP contribution in [0, 0.1) is 23.7 Å². The topological polar surface area (TPSA) is 17.1 Å². The molecule has 1 nitrogen and oxygen atoms in total. The first-order valence-corrected chi connectivity index (χ1v) is 6.69. The van der Waals surface area contributed by atoms with Gasteiger partial charge in [0.25, 0.3) is 0 Å². The minimum absolute atomic E-state index is 0.427. The van der Waals surface area contributed by atoms with Gasteiger partial charge in [-0.25, -0.2) is 0 Å². The van der Waals surface area contributed by atoms with Gasteiger partial charge < -0.3 is 0 Å². The number of Topliss-reactive ketones (excluding diaryl/α,β-unsaturated/α-hetero) is 1. The minimum Gasteiger partial charge on any atom is -0.299 e. The highest BCUT2D eigenvalue weighted by Crippen LogP contribution is 2.40. The van der Waals surface area contributed by atoms with Gasteiger partial charge in [0.05, 0.1) is 0 Å². The van der Waals surface area contributed by atoms with Crippen molar-refractivity contribution >= 4 is 5.78 Å². The maximum Gasteiger partial charge on any atom is 0.136 e. The summed E-state index contributed by atoms with van der Waals surface area (Å²) in [5.74, 6) is 3.37. The third kappa shape index (κ3) is 2.62. The minimum atomic E-state index is 0.427. The van der Waals surface area contributed by atoms with E-state index in [2.05, 4.69) is 13.8 Å². The van der Waals surface area contributed by atoms with E-state index in [4.69, 9.17) is 0 Å². The molecule has 0 radical (unpaired) electrons. The summed E-state index contributed by atoms with van der Waals surface area (Å²) in [5.41, 5.74) is 0. The van der Waals surface area contributed by atoms with Crippen molar-refractivity contribution in [1.82, 2.24) is 0 Å². The second-order valence-corrected chi connectivity index (χ2v) is 5.98. The van der Waals surface area contributed by atoms with Gasteiger partial charge in [0.15, 0.2) is 0 Å². The summed E-state index contributed by atoms with van der Waals surface area (Å²) in [7, 11) is 0. The Labute approximate surface area is 93.6 Å². The monoisotopic (exact) mass is 208 g/mol. The number of hydrogen-bond acceptors (Lipinski definition) is 1. The van der Waals surface area contributed by atoms with Gasteiger partial charge in [0.2, 0.25) is 0 Å². The van der Waals surface area contributed by atoms with E-state index in [1.165, 1.54) is 32.1 Å². The van der Waals surface area contributed by atoms with Crippen LogP contribution in [0.25, 0.3) is 0 Å². The summed E-state index contributed by atoms with van der Waals surface area (Å²) in [6.45, 7) is 4.66. The van der Waals surface area contributed by atoms with Crippen molar-refractivity contribution in [3.8, 4) is 0 Å². The van der Waals surface area contributed by atoms with Crippen LogP contribution in [-0.4, -0.2) is 5.78 Å². The van der Waals surface area contributed by atoms with Crippen LogP contribution >= 0.6 is 0 Å². The third-order valence-corrected chi connectivity index (χ3v) is 4.50. The molecular weight excluding hydrogens is 184 g/mol. The number of rotatable bonds is 1. The summed E-state index contributed by atoms with van der Waals surface area (Å²) in [6, 6.07) is 0. The Morgan fingerprint density at radius 2 is 1.73 bits per heavy atom. The molecule has 2 saturated carbocycles. The molecule has 0 amide bonds. The summed E-state index contributed by atoms with van der Waals surface area (Å²) in [6.07, 6.45) is 8.53. The smallest absolute Gasteiger partial charge is 0.136 e. The van der Waals surface area contributed by atoms with Gasteiger partial charge in [-0.1, -0.05) is 26.7 Å². The molecule has 0 aliphatic heterocycles. The fraction of sp³-hybridized carbons (Fsp3) is 0.929. The molecule has 0 aromatic carbocycles. The first-order chi connectivity index (χ1) is 7.16. The van der Waals surface area contributed by atoms with Gasteiger partial charge in [0.1, 0.15) is 5.78 Å². The molecule has 2 aliphatic carbocycles. The molecule has 86 valence electrons. The maximum atomic E-state index is 11.9. The lowest BCUT2D eigenvalue weighted by Gasteiger charge is -2.36. The Kier molecular flexibility index (Phi) is 3.48. The molecule has 15 heavy (non-hydrogen) atoms. The highest BCUT2D eigenvalue weighted by molar-refractivity contribution is 5.82. The van der Waals surface area contributed by atoms with E-state index in [-0.39, 0.29) is 0 Å². The fourth-order valence-electron chi connectivity index (χ4n) is 3.56. The molecule has 0 spiro atoms. The quantitative estimate of drug-likeness (QED) is 0.640. The lowest BCUT2D eigenvalue weighted by Crippen LogP contribution is -2.32. The van der Waals surface area contributed by atoms with Gasteiger partial charge in [-0.05, 0) is 43.4 Å². The summed E-state index contributed by atoms with van der Waals surface area (Å²) >= 11 is 0. The Balaban J connectivity index is 1.98. The van der Waals surface area contributed by atoms with Crippen LogP contribution in [0.2, 0.25) is 0 Å². The molecule has 2 aliphatic rings. The molecule has 1 heteroatoms. The zero-order valence-corrected chi connectivity index (χ0v) is 10.2. The van der Waals surface area contributed by atoms with E-state index in [0.29, 0.717) is 11.7 Å². The molecule has 2 fully saturated rings. The summed E-state index contributed by atoms with van der Waals surface area (Å²) in [5, 5.41) is 0. The van der Waals surface area contributed by atoms with Crippen molar-refractivity contribution in [2.24, 2.45) is 23.7 Å². The number of carbonyl (C=O) groups is 1. The van der Waals surface area contributed by atoms with Crippen molar-refractivity contribution in [2.75, 3.05) is 0 Å². The second kappa shape index (κ2) is 4.67. The molecule has 0 saturated heterocycles. The van der Waals surface area contributed by atoms with E-state index >= 15 is 0 Å². The van der Waals surface area contributed by atoms with Crippen molar-refractivity contribution in [3.05, 3.63) is 0 Å². The Morgan fingerprint density at radius 1 is 1.00 bits per heavy atom. The predicted octanol–water partition coefficient (Wildman–Crippen LogP) is 3.82. The highest BCUT2D eigenvalue weighted by Gasteiger charge is 2.34. The summed E-state index contributed by atoms with van der Waals surface area (Å²) in [4.78, 5) is 11.9. The zero-order valence-electron chi connectivity index (χ0n) is 10.2. The molecule has 0 N–H and O–H groups in total. The van der Waals surface area contributed by atoms with E-state index < -0.39 is 0 Å². The van der Waals surface area contributed by atoms with Gasteiger partial charge in [0, 0.05) is 12.3 Å². The maximum absolute atomic E-state index is 11.9. The fourth-order valence-corrected chi connectivity index (χ4v) is 3.56. The standard InChI is InChI=1S/C14H24O/c1-10-4-3-5-12(8-10)13-9-11(2)6-7-14(13)15/h10-13H,3-9H2,1-2H3. The van der Waals surface area contributed by atoms with Gasteiger partial charge >= 0.3 is 0 Å². The molecular formula is C14H24O. The normalized spacial score (nSPS) is 42.9. The third-order valence-electron chi connectivity index (χ3n) is 4.50. The average molecular weight is 208 g/mol. The first kappa shape index (κ1) is 11.2. The Hall–Kier alpha value is -0.330. The lowest BCUT2D eigenvalue weighted by atomic mass is 9.68. The highest BCUT2D eigenvalue weighted by atomic mass is 16.1. The molecule has 4 atom stereocenters. The number of carbonyl (C=O) groups excluding carboxylic acids is 1. The van der Waals surface area contributed by atoms with E-state index in [0.717, 1.165) is 30.6 Å². The van der Waals surface area contributed by atoms with E-state index in [9.17, 15) is 4.79 Å². The average Bonchev–Trinajstić information content (AvgIpc) is 2.22. The SMILES string of the molecule is CC1CCCC(C2CC(C)CCC2=O)C1. The van der Waals surface area contributed by atoms with Crippen LogP contribution < -0.4 is 0 Å². The van der Waals surface area contributed by atoms with Crippen molar-refractivity contribution in [2.45, 2.75) is 58.8 Å². The van der Waals surface area contributed by atoms with Crippen LogP contribution in [0.4, 0.5) is 0 Å². The molecule has 2 rings (SSSR count). The van der Waals surface area contributed by atoms with Gasteiger partial charge in [-0.15, -0.1) is 0 Å². The van der Waals surface area contributed by atoms with Gasteiger partial charge in [-0.2, -0.15) is 0 Å². The van der Waals surface area contributed by atoms with Crippen LogP contribution in [-0.2, 0) is 4.79 Å². The lowest BCUT2D eigenvalue weighted by molar-refractivity contribution is -0.128. The Bertz CT molecular complexity index is 233.